The van der Waals surface area contributed by atoms with Gasteiger partial charge in [-0.15, -0.1) is 0 Å². The maximum atomic E-state index is 13.6. The molecule has 0 unspecified atom stereocenters. The van der Waals surface area contributed by atoms with Crippen molar-refractivity contribution in [2.45, 2.75) is 50.5 Å². The molecule has 4 heteroatoms. The number of hydrogen-bond donors (Lipinski definition) is 1. The zero-order chi connectivity index (χ0) is 14.4. The summed E-state index contributed by atoms with van der Waals surface area (Å²) in [5.74, 6) is 1.01. The number of halogens is 1. The van der Waals surface area contributed by atoms with Crippen LogP contribution in [0.25, 0.3) is 11.0 Å². The number of benzene rings is 1. The summed E-state index contributed by atoms with van der Waals surface area (Å²) in [6.45, 7) is 4.37. The molecule has 2 heterocycles. The lowest BCUT2D eigenvalue weighted by Gasteiger charge is -2.36. The fraction of sp³-hybridized carbons (Fsp3) is 0.588. The normalized spacial score (nSPS) is 21.8. The summed E-state index contributed by atoms with van der Waals surface area (Å²) in [6.07, 6.45) is 5.82. The molecule has 112 valence electrons. The van der Waals surface area contributed by atoms with Crippen LogP contribution in [-0.2, 0) is 5.41 Å². The van der Waals surface area contributed by atoms with Gasteiger partial charge in [-0.3, -0.25) is 0 Å². The van der Waals surface area contributed by atoms with Crippen LogP contribution in [0.2, 0.25) is 0 Å². The van der Waals surface area contributed by atoms with Crippen LogP contribution >= 0.6 is 0 Å². The van der Waals surface area contributed by atoms with Gasteiger partial charge >= 0.3 is 0 Å². The van der Waals surface area contributed by atoms with Crippen LogP contribution in [0.1, 0.15) is 50.9 Å². The Labute approximate surface area is 124 Å². The number of hydrogen-bond acceptors (Lipinski definition) is 2. The Balaban J connectivity index is 1.92. The zero-order valence-electron chi connectivity index (χ0n) is 12.5. The highest BCUT2D eigenvalue weighted by Gasteiger charge is 2.40. The molecule has 4 rings (SSSR count). The van der Waals surface area contributed by atoms with E-state index < -0.39 is 0 Å². The first-order valence-electron chi connectivity index (χ1n) is 8.12. The third-order valence-electron chi connectivity index (χ3n) is 5.28. The molecule has 0 atom stereocenters. The number of nitrogens with zero attached hydrogens (tertiary/aromatic N) is 2. The molecule has 0 radical (unpaired) electrons. The summed E-state index contributed by atoms with van der Waals surface area (Å²) in [6, 6.07) is 5.63. The number of nitrogens with one attached hydrogen (secondary N) is 1. The second-order valence-electron chi connectivity index (χ2n) is 6.55. The summed E-state index contributed by atoms with van der Waals surface area (Å²) in [5.41, 5.74) is 2.09. The van der Waals surface area contributed by atoms with Gasteiger partial charge in [0.25, 0.3) is 0 Å². The predicted molar refractivity (Wildman–Crippen MR) is 82.0 cm³/mol. The van der Waals surface area contributed by atoms with E-state index in [1.165, 1.54) is 18.7 Å². The van der Waals surface area contributed by atoms with Crippen molar-refractivity contribution in [3.63, 3.8) is 0 Å². The molecular weight excluding hydrogens is 265 g/mol. The highest BCUT2D eigenvalue weighted by Crippen LogP contribution is 2.44. The molecule has 0 spiro atoms. The summed E-state index contributed by atoms with van der Waals surface area (Å²) in [4.78, 5) is 4.90. The molecule has 1 saturated heterocycles. The van der Waals surface area contributed by atoms with Crippen molar-refractivity contribution in [2.24, 2.45) is 0 Å². The Kier molecular flexibility index (Phi) is 3.03. The molecule has 1 N–H and O–H groups in total. The third-order valence-corrected chi connectivity index (χ3v) is 5.28. The fourth-order valence-electron chi connectivity index (χ4n) is 3.79. The molecule has 1 aliphatic carbocycles. The number of aromatic nitrogens is 2. The van der Waals surface area contributed by atoms with Crippen molar-refractivity contribution >= 4 is 11.0 Å². The van der Waals surface area contributed by atoms with Gasteiger partial charge in [0, 0.05) is 17.5 Å². The Bertz CT molecular complexity index is 666. The minimum atomic E-state index is -0.189. The van der Waals surface area contributed by atoms with E-state index in [-0.39, 0.29) is 11.2 Å². The van der Waals surface area contributed by atoms with E-state index in [4.69, 9.17) is 4.98 Å². The van der Waals surface area contributed by atoms with E-state index in [0.29, 0.717) is 6.04 Å². The monoisotopic (exact) mass is 287 g/mol. The smallest absolute Gasteiger partial charge is 0.125 e. The quantitative estimate of drug-likeness (QED) is 0.935. The third kappa shape index (κ3) is 2.08. The first kappa shape index (κ1) is 13.3. The molecule has 21 heavy (non-hydrogen) atoms. The van der Waals surface area contributed by atoms with Gasteiger partial charge in [-0.2, -0.15) is 0 Å². The SMILES string of the molecule is CCC1(c2nc3cc(F)ccc3n2C2CC2)CCNCC1. The molecule has 1 aromatic heterocycles. The minimum absolute atomic E-state index is 0.156. The largest absolute Gasteiger partial charge is 0.324 e. The molecule has 2 aliphatic rings. The standard InChI is InChI=1S/C17H22FN3/c1-2-17(7-9-19-10-8-17)16-20-14-11-12(18)3-6-15(14)21(16)13-4-5-13/h3,6,11,13,19H,2,4-5,7-10H2,1H3. The van der Waals surface area contributed by atoms with E-state index in [1.54, 1.807) is 12.1 Å². The van der Waals surface area contributed by atoms with Gasteiger partial charge in [-0.05, 0) is 57.3 Å². The van der Waals surface area contributed by atoms with Crippen molar-refractivity contribution in [3.8, 4) is 0 Å². The zero-order valence-corrected chi connectivity index (χ0v) is 12.5. The van der Waals surface area contributed by atoms with Gasteiger partial charge in [0.2, 0.25) is 0 Å². The Morgan fingerprint density at radius 2 is 2.10 bits per heavy atom. The molecule has 2 fully saturated rings. The molecule has 2 aromatic rings. The average Bonchev–Trinajstić information content (AvgIpc) is 3.28. The van der Waals surface area contributed by atoms with Gasteiger partial charge < -0.3 is 9.88 Å². The lowest BCUT2D eigenvalue weighted by Crippen LogP contribution is -2.41. The summed E-state index contributed by atoms with van der Waals surface area (Å²) in [5, 5.41) is 3.45. The summed E-state index contributed by atoms with van der Waals surface area (Å²) < 4.78 is 16.0. The van der Waals surface area contributed by atoms with Crippen molar-refractivity contribution in [1.29, 1.82) is 0 Å². The van der Waals surface area contributed by atoms with Crippen molar-refractivity contribution in [3.05, 3.63) is 29.8 Å². The molecular formula is C17H22FN3. The van der Waals surface area contributed by atoms with Gasteiger partial charge in [0.15, 0.2) is 0 Å². The molecule has 3 nitrogen and oxygen atoms in total. The second-order valence-corrected chi connectivity index (χ2v) is 6.55. The van der Waals surface area contributed by atoms with Gasteiger partial charge in [0.1, 0.15) is 11.6 Å². The van der Waals surface area contributed by atoms with Crippen LogP contribution in [0, 0.1) is 5.82 Å². The Morgan fingerprint density at radius 3 is 2.76 bits per heavy atom. The van der Waals surface area contributed by atoms with Crippen LogP contribution in [-0.4, -0.2) is 22.6 Å². The summed E-state index contributed by atoms with van der Waals surface area (Å²) >= 11 is 0. The van der Waals surface area contributed by atoms with Crippen LogP contribution in [0.5, 0.6) is 0 Å². The minimum Gasteiger partial charge on any atom is -0.324 e. The fourth-order valence-corrected chi connectivity index (χ4v) is 3.79. The topological polar surface area (TPSA) is 29.9 Å². The molecule has 1 aliphatic heterocycles. The van der Waals surface area contributed by atoms with Gasteiger partial charge in [-0.25, -0.2) is 9.37 Å². The van der Waals surface area contributed by atoms with E-state index in [2.05, 4.69) is 16.8 Å². The maximum Gasteiger partial charge on any atom is 0.125 e. The highest BCUT2D eigenvalue weighted by atomic mass is 19.1. The number of fused-ring (bicyclic) bond motifs is 1. The average molecular weight is 287 g/mol. The number of imidazole rings is 1. The molecule has 0 bridgehead atoms. The number of rotatable bonds is 3. The van der Waals surface area contributed by atoms with Crippen molar-refractivity contribution < 1.29 is 4.39 Å². The van der Waals surface area contributed by atoms with E-state index in [1.807, 2.05) is 6.07 Å². The van der Waals surface area contributed by atoms with Crippen LogP contribution in [0.15, 0.2) is 18.2 Å². The highest BCUT2D eigenvalue weighted by molar-refractivity contribution is 5.76. The molecule has 1 aromatic carbocycles. The van der Waals surface area contributed by atoms with Crippen LogP contribution in [0.4, 0.5) is 4.39 Å². The Hall–Kier alpha value is -1.42. The lowest BCUT2D eigenvalue weighted by molar-refractivity contribution is 0.274. The van der Waals surface area contributed by atoms with Gasteiger partial charge in [0.05, 0.1) is 11.0 Å². The van der Waals surface area contributed by atoms with Gasteiger partial charge in [-0.1, -0.05) is 6.92 Å². The Morgan fingerprint density at radius 1 is 1.33 bits per heavy atom. The second kappa shape index (κ2) is 4.80. The first-order valence-corrected chi connectivity index (χ1v) is 8.12. The summed E-state index contributed by atoms with van der Waals surface area (Å²) in [7, 11) is 0. The van der Waals surface area contributed by atoms with Crippen molar-refractivity contribution in [2.75, 3.05) is 13.1 Å². The molecule has 0 amide bonds. The molecule has 1 saturated carbocycles. The predicted octanol–water partition coefficient (Wildman–Crippen LogP) is 3.54. The van der Waals surface area contributed by atoms with E-state index in [9.17, 15) is 4.39 Å². The van der Waals surface area contributed by atoms with Crippen LogP contribution < -0.4 is 5.32 Å². The lowest BCUT2D eigenvalue weighted by atomic mass is 9.76. The maximum absolute atomic E-state index is 13.6. The van der Waals surface area contributed by atoms with E-state index >= 15 is 0 Å². The van der Waals surface area contributed by atoms with E-state index in [0.717, 1.165) is 43.4 Å². The van der Waals surface area contributed by atoms with Crippen molar-refractivity contribution in [1.82, 2.24) is 14.9 Å². The van der Waals surface area contributed by atoms with Crippen LogP contribution in [0.3, 0.4) is 0 Å². The first-order chi connectivity index (χ1) is 10.2. The number of piperidine rings is 1.